The van der Waals surface area contributed by atoms with Crippen LogP contribution in [-0.4, -0.2) is 70.0 Å². The van der Waals surface area contributed by atoms with Gasteiger partial charge < -0.3 is 20.1 Å². The molecule has 2 heterocycles. The van der Waals surface area contributed by atoms with Crippen molar-refractivity contribution >= 4 is 17.3 Å². The molecular formula is C20H36N4O2S. The van der Waals surface area contributed by atoms with Crippen LogP contribution in [0.25, 0.3) is 0 Å². The quantitative estimate of drug-likeness (QED) is 0.342. The second-order valence-electron chi connectivity index (χ2n) is 6.91. The summed E-state index contributed by atoms with van der Waals surface area (Å²) >= 11 is 1.82. The zero-order valence-corrected chi connectivity index (χ0v) is 17.9. The second kappa shape index (κ2) is 13.1. The predicted molar refractivity (Wildman–Crippen MR) is 114 cm³/mol. The number of ether oxygens (including phenoxy) is 2. The highest BCUT2D eigenvalue weighted by Crippen LogP contribution is 2.26. The Labute approximate surface area is 168 Å². The average Bonchev–Trinajstić information content (AvgIpc) is 3.20. The fraction of sp³-hybridized carbons (Fsp3) is 0.750. The Balaban J connectivity index is 1.77. The normalized spacial score (nSPS) is 19.8. The maximum Gasteiger partial charge on any atom is 0.191 e. The van der Waals surface area contributed by atoms with Gasteiger partial charge in [-0.25, -0.2) is 0 Å². The van der Waals surface area contributed by atoms with E-state index in [1.54, 1.807) is 0 Å². The molecular weight excluding hydrogens is 360 g/mol. The van der Waals surface area contributed by atoms with Crippen LogP contribution in [0, 0.1) is 0 Å². The molecule has 154 valence electrons. The summed E-state index contributed by atoms with van der Waals surface area (Å²) in [5.74, 6) is 0.853. The van der Waals surface area contributed by atoms with Crippen LogP contribution in [0.15, 0.2) is 22.5 Å². The largest absolute Gasteiger partial charge is 0.381 e. The highest BCUT2D eigenvalue weighted by atomic mass is 32.1. The van der Waals surface area contributed by atoms with E-state index in [0.717, 1.165) is 64.8 Å². The molecule has 7 heteroatoms. The van der Waals surface area contributed by atoms with Gasteiger partial charge in [-0.1, -0.05) is 19.4 Å². The monoisotopic (exact) mass is 396 g/mol. The molecule has 0 spiro atoms. The molecule has 0 bridgehead atoms. The summed E-state index contributed by atoms with van der Waals surface area (Å²) < 4.78 is 11.3. The molecule has 2 atom stereocenters. The van der Waals surface area contributed by atoms with Gasteiger partial charge in [0, 0.05) is 51.3 Å². The van der Waals surface area contributed by atoms with Crippen LogP contribution in [0.4, 0.5) is 0 Å². The minimum atomic E-state index is 0.284. The smallest absolute Gasteiger partial charge is 0.191 e. The van der Waals surface area contributed by atoms with Gasteiger partial charge in [-0.2, -0.15) is 0 Å². The van der Waals surface area contributed by atoms with E-state index in [4.69, 9.17) is 9.47 Å². The van der Waals surface area contributed by atoms with Crippen molar-refractivity contribution in [1.29, 1.82) is 0 Å². The van der Waals surface area contributed by atoms with Gasteiger partial charge in [-0.05, 0) is 31.2 Å². The molecule has 0 aromatic carbocycles. The van der Waals surface area contributed by atoms with Gasteiger partial charge in [0.15, 0.2) is 5.96 Å². The van der Waals surface area contributed by atoms with Crippen LogP contribution in [0.5, 0.6) is 0 Å². The maximum atomic E-state index is 5.72. The lowest BCUT2D eigenvalue weighted by Gasteiger charge is -2.37. The molecule has 1 aliphatic rings. The molecule has 6 nitrogen and oxygen atoms in total. The molecule has 2 unspecified atom stereocenters. The Hall–Kier alpha value is -1.15. The fourth-order valence-corrected chi connectivity index (χ4v) is 4.02. The molecule has 2 N–H and O–H groups in total. The minimum Gasteiger partial charge on any atom is -0.381 e. The molecule has 1 aliphatic heterocycles. The summed E-state index contributed by atoms with van der Waals surface area (Å²) in [6.45, 7) is 10.4. The van der Waals surface area contributed by atoms with E-state index in [-0.39, 0.29) is 6.10 Å². The molecule has 1 aromatic heterocycles. The lowest BCUT2D eigenvalue weighted by molar-refractivity contribution is -0.0334. The average molecular weight is 397 g/mol. The van der Waals surface area contributed by atoms with E-state index in [1.807, 2.05) is 18.4 Å². The van der Waals surface area contributed by atoms with Crippen molar-refractivity contribution in [2.45, 2.75) is 45.3 Å². The molecule has 1 fully saturated rings. The number of aliphatic imine (C=N–C) groups is 1. The van der Waals surface area contributed by atoms with E-state index in [0.29, 0.717) is 6.04 Å². The van der Waals surface area contributed by atoms with Gasteiger partial charge in [0.25, 0.3) is 0 Å². The van der Waals surface area contributed by atoms with Crippen molar-refractivity contribution in [3.63, 3.8) is 0 Å². The highest BCUT2D eigenvalue weighted by Gasteiger charge is 2.26. The number of nitrogens with one attached hydrogen (secondary N) is 2. The third-order valence-electron chi connectivity index (χ3n) is 4.67. The molecule has 0 amide bonds. The van der Waals surface area contributed by atoms with Gasteiger partial charge in [-0.15, -0.1) is 11.3 Å². The lowest BCUT2D eigenvalue weighted by atomic mass is 10.1. The lowest BCUT2D eigenvalue weighted by Crippen LogP contribution is -2.48. The first kappa shape index (κ1) is 22.1. The standard InChI is InChI=1S/C20H36N4O2S/c1-4-5-11-25-12-7-9-22-20(21-3)23-15-18(19-8-6-14-27-19)24-10-13-26-17(2)16-24/h6,8,14,17-18H,4-5,7,9-13,15-16H2,1-3H3,(H2,21,22,23). The number of unbranched alkanes of at least 4 members (excludes halogenated alkanes) is 1. The number of morpholine rings is 1. The van der Waals surface area contributed by atoms with Crippen molar-refractivity contribution in [3.8, 4) is 0 Å². The van der Waals surface area contributed by atoms with E-state index >= 15 is 0 Å². The van der Waals surface area contributed by atoms with Gasteiger partial charge in [0.1, 0.15) is 0 Å². The van der Waals surface area contributed by atoms with Gasteiger partial charge in [0.05, 0.1) is 18.8 Å². The summed E-state index contributed by atoms with van der Waals surface area (Å²) in [5.41, 5.74) is 0. The number of hydrogen-bond acceptors (Lipinski definition) is 5. The molecule has 0 aliphatic carbocycles. The molecule has 1 aromatic rings. The van der Waals surface area contributed by atoms with E-state index < -0.39 is 0 Å². The molecule has 0 radical (unpaired) electrons. The third kappa shape index (κ3) is 8.17. The third-order valence-corrected chi connectivity index (χ3v) is 5.64. The number of nitrogens with zero attached hydrogens (tertiary/aromatic N) is 2. The zero-order chi connectivity index (χ0) is 19.3. The summed E-state index contributed by atoms with van der Waals surface area (Å²) in [6.07, 6.45) is 3.59. The van der Waals surface area contributed by atoms with Gasteiger partial charge >= 0.3 is 0 Å². The maximum absolute atomic E-state index is 5.72. The first-order valence-electron chi connectivity index (χ1n) is 10.2. The SMILES string of the molecule is CCCCOCCCNC(=NC)NCC(c1cccs1)N1CCOC(C)C1. The number of guanidine groups is 1. The first-order valence-corrected chi connectivity index (χ1v) is 11.0. The van der Waals surface area contributed by atoms with Crippen molar-refractivity contribution in [2.75, 3.05) is 53.0 Å². The van der Waals surface area contributed by atoms with Crippen LogP contribution in [0.2, 0.25) is 0 Å². The Bertz CT molecular complexity index is 524. The zero-order valence-electron chi connectivity index (χ0n) is 17.1. The van der Waals surface area contributed by atoms with Crippen LogP contribution < -0.4 is 10.6 Å². The number of thiophene rings is 1. The van der Waals surface area contributed by atoms with E-state index in [1.165, 1.54) is 11.3 Å². The second-order valence-corrected chi connectivity index (χ2v) is 7.89. The molecule has 27 heavy (non-hydrogen) atoms. The van der Waals surface area contributed by atoms with Crippen LogP contribution >= 0.6 is 11.3 Å². The summed E-state index contributed by atoms with van der Waals surface area (Å²) in [6, 6.07) is 4.69. The Kier molecular flexibility index (Phi) is 10.7. The Morgan fingerprint density at radius 1 is 1.41 bits per heavy atom. The van der Waals surface area contributed by atoms with Crippen LogP contribution in [0.3, 0.4) is 0 Å². The van der Waals surface area contributed by atoms with Crippen LogP contribution in [0.1, 0.15) is 44.0 Å². The topological polar surface area (TPSA) is 58.1 Å². The van der Waals surface area contributed by atoms with Crippen molar-refractivity contribution < 1.29 is 9.47 Å². The number of rotatable bonds is 11. The summed E-state index contributed by atoms with van der Waals surface area (Å²) in [5, 5.41) is 9.05. The van der Waals surface area contributed by atoms with Crippen molar-refractivity contribution in [1.82, 2.24) is 15.5 Å². The number of hydrogen-bond donors (Lipinski definition) is 2. The van der Waals surface area contributed by atoms with Crippen LogP contribution in [-0.2, 0) is 9.47 Å². The summed E-state index contributed by atoms with van der Waals surface area (Å²) in [7, 11) is 1.82. The van der Waals surface area contributed by atoms with E-state index in [2.05, 4.69) is 51.9 Å². The predicted octanol–water partition coefficient (Wildman–Crippen LogP) is 2.88. The molecule has 1 saturated heterocycles. The highest BCUT2D eigenvalue weighted by molar-refractivity contribution is 7.10. The van der Waals surface area contributed by atoms with Crippen molar-refractivity contribution in [2.24, 2.45) is 4.99 Å². The Morgan fingerprint density at radius 3 is 2.96 bits per heavy atom. The summed E-state index contributed by atoms with van der Waals surface area (Å²) in [4.78, 5) is 8.26. The van der Waals surface area contributed by atoms with E-state index in [9.17, 15) is 0 Å². The minimum absolute atomic E-state index is 0.284. The Morgan fingerprint density at radius 2 is 2.26 bits per heavy atom. The van der Waals surface area contributed by atoms with Gasteiger partial charge in [0.2, 0.25) is 0 Å². The van der Waals surface area contributed by atoms with Crippen molar-refractivity contribution in [3.05, 3.63) is 22.4 Å². The van der Waals surface area contributed by atoms with Gasteiger partial charge in [-0.3, -0.25) is 9.89 Å². The fourth-order valence-electron chi connectivity index (χ4n) is 3.16. The first-order chi connectivity index (χ1) is 13.2. The molecule has 2 rings (SSSR count). The molecule has 0 saturated carbocycles.